The lowest BCUT2D eigenvalue weighted by atomic mass is 10.2. The van der Waals surface area contributed by atoms with E-state index < -0.39 is 5.51 Å². The highest BCUT2D eigenvalue weighted by Gasteiger charge is 2.29. The zero-order chi connectivity index (χ0) is 15.5. The molecule has 0 radical (unpaired) electrons. The molecule has 1 aromatic carbocycles. The smallest absolute Gasteiger partial charge is 0.446 e. The molecule has 1 heterocycles. The Morgan fingerprint density at radius 3 is 2.43 bits per heavy atom. The Morgan fingerprint density at radius 1 is 1.24 bits per heavy atom. The van der Waals surface area contributed by atoms with Crippen molar-refractivity contribution in [3.05, 3.63) is 54.0 Å². The van der Waals surface area contributed by atoms with E-state index in [1.807, 2.05) is 0 Å². The molecule has 0 bridgehead atoms. The molecule has 3 nitrogen and oxygen atoms in total. The minimum atomic E-state index is -4.34. The minimum absolute atomic E-state index is 0.0399. The van der Waals surface area contributed by atoms with Gasteiger partial charge in [-0.25, -0.2) is 0 Å². The van der Waals surface area contributed by atoms with Gasteiger partial charge >= 0.3 is 5.51 Å². The molecule has 7 heteroatoms. The number of hydrogen-bond acceptors (Lipinski definition) is 3. The number of carbonyl (C=O) groups is 1. The topological polar surface area (TPSA) is 42.2 Å². The summed E-state index contributed by atoms with van der Waals surface area (Å²) in [6.07, 6.45) is 1.50. The van der Waals surface area contributed by atoms with Crippen molar-refractivity contribution in [2.45, 2.75) is 23.4 Å². The Labute approximate surface area is 123 Å². The quantitative estimate of drug-likeness (QED) is 0.851. The fourth-order valence-electron chi connectivity index (χ4n) is 1.70. The first-order valence-corrected chi connectivity index (χ1v) is 6.87. The van der Waals surface area contributed by atoms with Gasteiger partial charge in [0, 0.05) is 10.5 Å². The van der Waals surface area contributed by atoms with Gasteiger partial charge < -0.3 is 9.73 Å². The van der Waals surface area contributed by atoms with Crippen LogP contribution in [0.2, 0.25) is 0 Å². The highest BCUT2D eigenvalue weighted by Crippen LogP contribution is 2.36. The lowest BCUT2D eigenvalue weighted by Crippen LogP contribution is -2.26. The third-order valence-corrected chi connectivity index (χ3v) is 3.41. The van der Waals surface area contributed by atoms with Gasteiger partial charge in [-0.2, -0.15) is 13.2 Å². The minimum Gasteiger partial charge on any atom is -0.467 e. The number of halogens is 3. The molecule has 1 amide bonds. The van der Waals surface area contributed by atoms with Crippen LogP contribution in [-0.4, -0.2) is 11.4 Å². The van der Waals surface area contributed by atoms with E-state index in [1.54, 1.807) is 19.1 Å². The van der Waals surface area contributed by atoms with Gasteiger partial charge in [0.1, 0.15) is 5.76 Å². The number of furan rings is 1. The number of amides is 1. The van der Waals surface area contributed by atoms with E-state index >= 15 is 0 Å². The molecule has 0 aliphatic carbocycles. The molecule has 0 saturated carbocycles. The Balaban J connectivity index is 2.00. The fourth-order valence-corrected chi connectivity index (χ4v) is 2.24. The maximum atomic E-state index is 12.2. The normalized spacial score (nSPS) is 13.0. The number of alkyl halides is 3. The van der Waals surface area contributed by atoms with E-state index in [9.17, 15) is 18.0 Å². The molecule has 0 aliphatic rings. The van der Waals surface area contributed by atoms with Gasteiger partial charge in [-0.05, 0) is 55.1 Å². The maximum absolute atomic E-state index is 12.2. The van der Waals surface area contributed by atoms with E-state index in [0.29, 0.717) is 11.3 Å². The summed E-state index contributed by atoms with van der Waals surface area (Å²) in [7, 11) is 0. The van der Waals surface area contributed by atoms with Gasteiger partial charge in [-0.1, -0.05) is 0 Å². The van der Waals surface area contributed by atoms with Gasteiger partial charge in [0.05, 0.1) is 12.3 Å². The zero-order valence-corrected chi connectivity index (χ0v) is 11.8. The Bertz CT molecular complexity index is 594. The number of carbonyl (C=O) groups excluding carboxylic acids is 1. The predicted octanol–water partition coefficient (Wildman–Crippen LogP) is 4.38. The molecule has 112 valence electrons. The fraction of sp³-hybridized carbons (Fsp3) is 0.214. The van der Waals surface area contributed by atoms with Crippen LogP contribution in [0.1, 0.15) is 29.1 Å². The average Bonchev–Trinajstić information content (AvgIpc) is 2.91. The summed E-state index contributed by atoms with van der Waals surface area (Å²) in [6.45, 7) is 1.75. The molecule has 21 heavy (non-hydrogen) atoms. The predicted molar refractivity (Wildman–Crippen MR) is 72.9 cm³/mol. The van der Waals surface area contributed by atoms with E-state index in [2.05, 4.69) is 5.32 Å². The molecular weight excluding hydrogens is 303 g/mol. The second kappa shape index (κ2) is 6.26. The summed E-state index contributed by atoms with van der Waals surface area (Å²) in [5, 5.41) is 2.70. The molecular formula is C14H12F3NO2S. The number of nitrogens with one attached hydrogen (secondary N) is 1. The van der Waals surface area contributed by atoms with Crippen LogP contribution < -0.4 is 5.32 Å². The summed E-state index contributed by atoms with van der Waals surface area (Å²) in [5.74, 6) is 0.232. The van der Waals surface area contributed by atoms with Crippen LogP contribution in [0.15, 0.2) is 52.0 Å². The molecule has 0 fully saturated rings. The van der Waals surface area contributed by atoms with Crippen LogP contribution in [-0.2, 0) is 0 Å². The Kier molecular flexibility index (Phi) is 4.62. The lowest BCUT2D eigenvalue weighted by Gasteiger charge is -2.12. The Hall–Kier alpha value is -1.89. The second-order valence-electron chi connectivity index (χ2n) is 4.28. The molecule has 1 N–H and O–H groups in total. The first kappa shape index (κ1) is 15.5. The summed E-state index contributed by atoms with van der Waals surface area (Å²) >= 11 is -0.214. The van der Waals surface area contributed by atoms with E-state index in [1.165, 1.54) is 30.5 Å². The summed E-state index contributed by atoms with van der Waals surface area (Å²) < 4.78 is 41.8. The molecule has 2 aromatic rings. The van der Waals surface area contributed by atoms with Gasteiger partial charge in [-0.3, -0.25) is 4.79 Å². The van der Waals surface area contributed by atoms with Crippen LogP contribution in [0, 0.1) is 0 Å². The molecule has 0 saturated heterocycles. The van der Waals surface area contributed by atoms with Crippen LogP contribution in [0.4, 0.5) is 13.2 Å². The van der Waals surface area contributed by atoms with Gasteiger partial charge in [0.2, 0.25) is 0 Å². The van der Waals surface area contributed by atoms with Crippen molar-refractivity contribution in [1.82, 2.24) is 5.32 Å². The van der Waals surface area contributed by atoms with E-state index in [0.717, 1.165) is 0 Å². The van der Waals surface area contributed by atoms with Gasteiger partial charge in [0.15, 0.2) is 0 Å². The largest absolute Gasteiger partial charge is 0.467 e. The molecule has 0 aliphatic heterocycles. The lowest BCUT2D eigenvalue weighted by molar-refractivity contribution is -0.0328. The van der Waals surface area contributed by atoms with Gasteiger partial charge in [0.25, 0.3) is 5.91 Å². The summed E-state index contributed by atoms with van der Waals surface area (Å²) in [5.41, 5.74) is -4.04. The highest BCUT2D eigenvalue weighted by atomic mass is 32.2. The number of rotatable bonds is 4. The Morgan fingerprint density at radius 2 is 1.90 bits per heavy atom. The first-order valence-electron chi connectivity index (χ1n) is 6.05. The number of thioether (sulfide) groups is 1. The number of hydrogen-bond donors (Lipinski definition) is 1. The second-order valence-corrected chi connectivity index (χ2v) is 5.42. The van der Waals surface area contributed by atoms with Gasteiger partial charge in [-0.15, -0.1) is 0 Å². The standard InChI is InChI=1S/C14H12F3NO2S/c1-9(12-3-2-8-20-12)18-13(19)10-4-6-11(7-5-10)21-14(15,16)17/h2-9H,1H3,(H,18,19)/t9-/m1/s1. The summed E-state index contributed by atoms with van der Waals surface area (Å²) in [4.78, 5) is 12.0. The van der Waals surface area contributed by atoms with Crippen LogP contribution >= 0.6 is 11.8 Å². The molecule has 0 unspecified atom stereocenters. The van der Waals surface area contributed by atoms with E-state index in [-0.39, 0.29) is 28.6 Å². The van der Waals surface area contributed by atoms with Crippen molar-refractivity contribution in [1.29, 1.82) is 0 Å². The first-order chi connectivity index (χ1) is 9.85. The zero-order valence-electron chi connectivity index (χ0n) is 11.0. The van der Waals surface area contributed by atoms with Crippen molar-refractivity contribution in [2.24, 2.45) is 0 Å². The molecule has 1 aromatic heterocycles. The van der Waals surface area contributed by atoms with Crippen LogP contribution in [0.25, 0.3) is 0 Å². The number of benzene rings is 1. The average molecular weight is 315 g/mol. The summed E-state index contributed by atoms with van der Waals surface area (Å²) in [6, 6.07) is 8.37. The third-order valence-electron chi connectivity index (χ3n) is 2.67. The molecule has 0 spiro atoms. The third kappa shape index (κ3) is 4.56. The van der Waals surface area contributed by atoms with Crippen molar-refractivity contribution < 1.29 is 22.4 Å². The van der Waals surface area contributed by atoms with Crippen molar-refractivity contribution in [2.75, 3.05) is 0 Å². The molecule has 2 rings (SSSR count). The van der Waals surface area contributed by atoms with E-state index in [4.69, 9.17) is 4.42 Å². The van der Waals surface area contributed by atoms with Crippen molar-refractivity contribution in [3.63, 3.8) is 0 Å². The van der Waals surface area contributed by atoms with Crippen LogP contribution in [0.3, 0.4) is 0 Å². The highest BCUT2D eigenvalue weighted by molar-refractivity contribution is 8.00. The van der Waals surface area contributed by atoms with Crippen LogP contribution in [0.5, 0.6) is 0 Å². The monoisotopic (exact) mass is 315 g/mol. The SMILES string of the molecule is C[C@@H](NC(=O)c1ccc(SC(F)(F)F)cc1)c1ccco1. The van der Waals surface area contributed by atoms with Crippen molar-refractivity contribution in [3.8, 4) is 0 Å². The molecule has 1 atom stereocenters. The maximum Gasteiger partial charge on any atom is 0.446 e. The van der Waals surface area contributed by atoms with Crippen molar-refractivity contribution >= 4 is 17.7 Å².